The molecule has 0 spiro atoms. The molecule has 170 valence electrons. The number of aliphatic carboxylic acids is 4. The Hall–Kier alpha value is -3.22. The molecule has 30 heavy (non-hydrogen) atoms. The SMILES string of the molecule is CC(CC(=O)O)(CC(=O)NCCCCNC(=O)C[C@@](O)(CC(=O)O)C(=O)O)C(=O)O. The van der Waals surface area contributed by atoms with Gasteiger partial charge in [0, 0.05) is 19.5 Å². The van der Waals surface area contributed by atoms with E-state index in [1.807, 2.05) is 0 Å². The van der Waals surface area contributed by atoms with E-state index in [1.54, 1.807) is 0 Å². The maximum atomic E-state index is 11.8. The van der Waals surface area contributed by atoms with Gasteiger partial charge in [-0.2, -0.15) is 0 Å². The van der Waals surface area contributed by atoms with E-state index in [2.05, 4.69) is 10.6 Å². The average molecular weight is 434 g/mol. The smallest absolute Gasteiger partial charge is 0.336 e. The maximum absolute atomic E-state index is 11.8. The average Bonchev–Trinajstić information content (AvgIpc) is 2.55. The number of rotatable bonds is 15. The van der Waals surface area contributed by atoms with Gasteiger partial charge in [-0.3, -0.25) is 24.0 Å². The lowest BCUT2D eigenvalue weighted by Crippen LogP contribution is -2.45. The van der Waals surface area contributed by atoms with Gasteiger partial charge in [0.05, 0.1) is 24.7 Å². The van der Waals surface area contributed by atoms with Crippen molar-refractivity contribution in [3.8, 4) is 0 Å². The zero-order valence-electron chi connectivity index (χ0n) is 16.3. The molecule has 0 heterocycles. The molecule has 7 N–H and O–H groups in total. The fourth-order valence-electron chi connectivity index (χ4n) is 2.46. The Bertz CT molecular complexity index is 635. The van der Waals surface area contributed by atoms with Crippen LogP contribution in [0, 0.1) is 5.41 Å². The molecule has 2 amide bonds. The number of unbranched alkanes of at least 4 members (excludes halogenated alkanes) is 1. The highest BCUT2D eigenvalue weighted by molar-refractivity contribution is 5.90. The van der Waals surface area contributed by atoms with Crippen molar-refractivity contribution in [3.63, 3.8) is 0 Å². The predicted molar refractivity (Wildman–Crippen MR) is 97.3 cm³/mol. The quantitative estimate of drug-likeness (QED) is 0.149. The van der Waals surface area contributed by atoms with Gasteiger partial charge in [0.1, 0.15) is 0 Å². The molecule has 13 heteroatoms. The molecule has 0 aromatic rings. The second-order valence-electron chi connectivity index (χ2n) is 7.10. The summed E-state index contributed by atoms with van der Waals surface area (Å²) in [6.45, 7) is 1.33. The summed E-state index contributed by atoms with van der Waals surface area (Å²) in [7, 11) is 0. The topological polar surface area (TPSA) is 228 Å². The first kappa shape index (κ1) is 26.8. The minimum Gasteiger partial charge on any atom is -0.481 e. The van der Waals surface area contributed by atoms with E-state index >= 15 is 0 Å². The Balaban J connectivity index is 4.27. The normalized spacial score (nSPS) is 14.6. The van der Waals surface area contributed by atoms with Crippen molar-refractivity contribution >= 4 is 35.7 Å². The third-order valence-corrected chi connectivity index (χ3v) is 4.15. The molecule has 0 saturated carbocycles. The van der Waals surface area contributed by atoms with Crippen LogP contribution in [0.2, 0.25) is 0 Å². The number of hydrogen-bond acceptors (Lipinski definition) is 7. The van der Waals surface area contributed by atoms with E-state index in [4.69, 9.17) is 20.4 Å². The van der Waals surface area contributed by atoms with Crippen molar-refractivity contribution in [1.29, 1.82) is 0 Å². The van der Waals surface area contributed by atoms with Crippen LogP contribution < -0.4 is 10.6 Å². The molecule has 0 rings (SSSR count). The molecule has 1 unspecified atom stereocenters. The molecule has 0 aliphatic rings. The summed E-state index contributed by atoms with van der Waals surface area (Å²) in [5.41, 5.74) is -4.47. The van der Waals surface area contributed by atoms with Crippen LogP contribution in [0.5, 0.6) is 0 Å². The number of carboxylic acids is 4. The Morgan fingerprint density at radius 2 is 1.10 bits per heavy atom. The summed E-state index contributed by atoms with van der Waals surface area (Å²) >= 11 is 0. The largest absolute Gasteiger partial charge is 0.481 e. The number of carboxylic acid groups (broad SMARTS) is 4. The number of amides is 2. The summed E-state index contributed by atoms with van der Waals surface area (Å²) in [5, 5.41) is 49.9. The van der Waals surface area contributed by atoms with Gasteiger partial charge in [0.2, 0.25) is 11.8 Å². The van der Waals surface area contributed by atoms with Crippen LogP contribution in [0.4, 0.5) is 0 Å². The molecule has 0 fully saturated rings. The number of nitrogens with one attached hydrogen (secondary N) is 2. The second-order valence-corrected chi connectivity index (χ2v) is 7.10. The van der Waals surface area contributed by atoms with E-state index in [-0.39, 0.29) is 13.1 Å². The van der Waals surface area contributed by atoms with Crippen molar-refractivity contribution in [2.45, 2.75) is 51.0 Å². The molecule has 0 saturated heterocycles. The highest BCUT2D eigenvalue weighted by Gasteiger charge is 2.41. The first-order valence-corrected chi connectivity index (χ1v) is 8.88. The zero-order valence-corrected chi connectivity index (χ0v) is 16.3. The van der Waals surface area contributed by atoms with E-state index in [1.165, 1.54) is 0 Å². The standard InChI is InChI=1S/C17H26N2O11/c1-16(14(26)27,8-12(22)23)6-10(20)18-4-2-3-5-19-11(21)7-17(30,15(28)29)9-13(24)25/h30H,2-9H2,1H3,(H,18,20)(H,19,21)(H,22,23)(H,24,25)(H,26,27)(H,28,29)/t16?,17-/m1/s1. The van der Waals surface area contributed by atoms with Crippen molar-refractivity contribution in [2.75, 3.05) is 13.1 Å². The number of carbonyl (C=O) groups is 6. The number of aliphatic hydroxyl groups is 1. The van der Waals surface area contributed by atoms with Gasteiger partial charge in [0.15, 0.2) is 5.60 Å². The van der Waals surface area contributed by atoms with Gasteiger partial charge in [-0.1, -0.05) is 0 Å². The molecule has 0 aromatic heterocycles. The lowest BCUT2D eigenvalue weighted by Gasteiger charge is -2.22. The monoisotopic (exact) mass is 434 g/mol. The molecule has 0 bridgehead atoms. The Morgan fingerprint density at radius 1 is 0.667 bits per heavy atom. The molecule has 0 aromatic carbocycles. The molecule has 2 atom stereocenters. The van der Waals surface area contributed by atoms with Gasteiger partial charge >= 0.3 is 23.9 Å². The third kappa shape index (κ3) is 9.82. The van der Waals surface area contributed by atoms with Crippen molar-refractivity contribution in [1.82, 2.24) is 10.6 Å². The van der Waals surface area contributed by atoms with Crippen molar-refractivity contribution in [3.05, 3.63) is 0 Å². The molecule has 13 nitrogen and oxygen atoms in total. The van der Waals surface area contributed by atoms with Crippen LogP contribution in [0.25, 0.3) is 0 Å². The van der Waals surface area contributed by atoms with Crippen LogP contribution >= 0.6 is 0 Å². The molecule has 0 aliphatic heterocycles. The summed E-state index contributed by atoms with van der Waals surface area (Å²) < 4.78 is 0. The van der Waals surface area contributed by atoms with Crippen LogP contribution in [0.1, 0.15) is 45.4 Å². The summed E-state index contributed by atoms with van der Waals surface area (Å²) in [6, 6.07) is 0. The highest BCUT2D eigenvalue weighted by Crippen LogP contribution is 2.26. The lowest BCUT2D eigenvalue weighted by molar-refractivity contribution is -0.167. The van der Waals surface area contributed by atoms with Crippen molar-refractivity contribution < 1.29 is 54.3 Å². The maximum Gasteiger partial charge on any atom is 0.336 e. The van der Waals surface area contributed by atoms with Crippen LogP contribution in [0.3, 0.4) is 0 Å². The number of hydrogen-bond donors (Lipinski definition) is 7. The van der Waals surface area contributed by atoms with E-state index < -0.39 is 72.4 Å². The summed E-state index contributed by atoms with van der Waals surface area (Å²) in [5.74, 6) is -7.68. The first-order chi connectivity index (χ1) is 13.7. The van der Waals surface area contributed by atoms with Gasteiger partial charge in [-0.05, 0) is 19.8 Å². The molecular formula is C17H26N2O11. The Labute approximate surface area is 171 Å². The fourth-order valence-corrected chi connectivity index (χ4v) is 2.46. The van der Waals surface area contributed by atoms with Gasteiger partial charge in [-0.15, -0.1) is 0 Å². The van der Waals surface area contributed by atoms with Gasteiger partial charge in [0.25, 0.3) is 0 Å². The number of carbonyl (C=O) groups excluding carboxylic acids is 2. The van der Waals surface area contributed by atoms with Crippen LogP contribution in [0.15, 0.2) is 0 Å². The molecular weight excluding hydrogens is 408 g/mol. The van der Waals surface area contributed by atoms with E-state index in [0.717, 1.165) is 6.92 Å². The third-order valence-electron chi connectivity index (χ3n) is 4.15. The fraction of sp³-hybridized carbons (Fsp3) is 0.647. The van der Waals surface area contributed by atoms with Crippen LogP contribution in [-0.2, 0) is 28.8 Å². The first-order valence-electron chi connectivity index (χ1n) is 8.88. The predicted octanol–water partition coefficient (Wildman–Crippen LogP) is -1.36. The highest BCUT2D eigenvalue weighted by atomic mass is 16.4. The Kier molecular flexibility index (Phi) is 10.4. The second kappa shape index (κ2) is 11.7. The minimum absolute atomic E-state index is 0.0589. The van der Waals surface area contributed by atoms with Gasteiger partial charge in [-0.25, -0.2) is 4.79 Å². The zero-order chi connectivity index (χ0) is 23.5. The van der Waals surface area contributed by atoms with Crippen LogP contribution in [-0.4, -0.2) is 79.9 Å². The summed E-state index contributed by atoms with van der Waals surface area (Å²) in [6.07, 6.45) is -2.63. The van der Waals surface area contributed by atoms with Gasteiger partial charge < -0.3 is 36.2 Å². The lowest BCUT2D eigenvalue weighted by atomic mass is 9.83. The Morgan fingerprint density at radius 3 is 1.47 bits per heavy atom. The molecule has 0 aliphatic carbocycles. The van der Waals surface area contributed by atoms with E-state index in [0.29, 0.717) is 12.8 Å². The summed E-state index contributed by atoms with van der Waals surface area (Å²) in [4.78, 5) is 67.1. The molecule has 0 radical (unpaired) electrons. The van der Waals surface area contributed by atoms with E-state index in [9.17, 15) is 33.9 Å². The van der Waals surface area contributed by atoms with Crippen molar-refractivity contribution in [2.24, 2.45) is 5.41 Å². The minimum atomic E-state index is -2.73.